The number of hydrogen-bond acceptors (Lipinski definition) is 2. The van der Waals surface area contributed by atoms with Crippen molar-refractivity contribution in [3.63, 3.8) is 0 Å². The third kappa shape index (κ3) is 3.16. The van der Waals surface area contributed by atoms with E-state index in [1.54, 1.807) is 0 Å². The molecular formula is C14H27NS. The molecule has 2 heteroatoms. The Hall–Kier alpha value is 0.310. The van der Waals surface area contributed by atoms with Crippen LogP contribution in [0.25, 0.3) is 0 Å². The average Bonchev–Trinajstić information content (AvgIpc) is 2.65. The highest BCUT2D eigenvalue weighted by atomic mass is 32.2. The number of nitrogens with zero attached hydrogens (tertiary/aromatic N) is 1. The van der Waals surface area contributed by atoms with Gasteiger partial charge in [-0.1, -0.05) is 44.9 Å². The second kappa shape index (κ2) is 6.30. The van der Waals surface area contributed by atoms with Crippen molar-refractivity contribution in [1.82, 2.24) is 4.90 Å². The van der Waals surface area contributed by atoms with E-state index in [4.69, 9.17) is 0 Å². The van der Waals surface area contributed by atoms with Crippen LogP contribution in [0.3, 0.4) is 0 Å². The van der Waals surface area contributed by atoms with Gasteiger partial charge in [-0.2, -0.15) is 11.8 Å². The summed E-state index contributed by atoms with van der Waals surface area (Å²) < 4.78 is 0. The van der Waals surface area contributed by atoms with Crippen LogP contribution in [0, 0.1) is 11.8 Å². The third-order valence-electron chi connectivity index (χ3n) is 4.51. The van der Waals surface area contributed by atoms with Crippen molar-refractivity contribution in [3.8, 4) is 0 Å². The zero-order valence-corrected chi connectivity index (χ0v) is 11.8. The van der Waals surface area contributed by atoms with Crippen LogP contribution in [-0.2, 0) is 0 Å². The van der Waals surface area contributed by atoms with E-state index in [9.17, 15) is 0 Å². The summed E-state index contributed by atoms with van der Waals surface area (Å²) in [7, 11) is 4.54. The van der Waals surface area contributed by atoms with E-state index >= 15 is 0 Å². The van der Waals surface area contributed by atoms with Crippen molar-refractivity contribution in [2.24, 2.45) is 11.8 Å². The Bertz CT molecular complexity index is 197. The predicted molar refractivity (Wildman–Crippen MR) is 74.1 cm³/mol. The molecule has 0 aromatic carbocycles. The van der Waals surface area contributed by atoms with Crippen molar-refractivity contribution in [1.29, 1.82) is 0 Å². The Kier molecular flexibility index (Phi) is 5.02. The summed E-state index contributed by atoms with van der Waals surface area (Å²) in [5.41, 5.74) is 0. The lowest BCUT2D eigenvalue weighted by Gasteiger charge is -2.33. The minimum Gasteiger partial charge on any atom is -0.305 e. The molecule has 2 rings (SSSR count). The summed E-state index contributed by atoms with van der Waals surface area (Å²) in [6, 6.07) is 0.856. The molecule has 2 fully saturated rings. The minimum absolute atomic E-state index is 0.856. The van der Waals surface area contributed by atoms with E-state index in [1.807, 2.05) is 0 Å². The fraction of sp³-hybridized carbons (Fsp3) is 1.00. The standard InChI is InChI=1S/C14H27NS/c1-15(2)14-11-16-10-13(14)12-8-6-4-3-5-7-9-12/h12-14H,3-11H2,1-2H3. The zero-order valence-electron chi connectivity index (χ0n) is 11.0. The molecule has 0 aromatic rings. The molecule has 16 heavy (non-hydrogen) atoms. The van der Waals surface area contributed by atoms with Gasteiger partial charge in [0.1, 0.15) is 0 Å². The highest BCUT2D eigenvalue weighted by molar-refractivity contribution is 7.99. The van der Waals surface area contributed by atoms with Gasteiger partial charge in [-0.25, -0.2) is 0 Å². The summed E-state index contributed by atoms with van der Waals surface area (Å²) in [5, 5.41) is 0. The summed E-state index contributed by atoms with van der Waals surface area (Å²) in [4.78, 5) is 2.48. The first-order valence-corrected chi connectivity index (χ1v) is 8.18. The van der Waals surface area contributed by atoms with Crippen LogP contribution < -0.4 is 0 Å². The maximum absolute atomic E-state index is 2.48. The van der Waals surface area contributed by atoms with Crippen LogP contribution in [0.2, 0.25) is 0 Å². The summed E-state index contributed by atoms with van der Waals surface area (Å²) in [6.07, 6.45) is 10.5. The fourth-order valence-electron chi connectivity index (χ4n) is 3.46. The highest BCUT2D eigenvalue weighted by Gasteiger charge is 2.34. The molecule has 94 valence electrons. The van der Waals surface area contributed by atoms with Crippen molar-refractivity contribution in [2.75, 3.05) is 25.6 Å². The quantitative estimate of drug-likeness (QED) is 0.726. The van der Waals surface area contributed by atoms with Gasteiger partial charge in [0.15, 0.2) is 0 Å². The molecule has 0 amide bonds. The lowest BCUT2D eigenvalue weighted by Crippen LogP contribution is -2.38. The second-order valence-corrected chi connectivity index (χ2v) is 6.91. The Balaban J connectivity index is 1.92. The summed E-state index contributed by atoms with van der Waals surface area (Å²) in [5.74, 6) is 4.81. The zero-order chi connectivity index (χ0) is 11.4. The molecule has 0 radical (unpaired) electrons. The molecular weight excluding hydrogens is 214 g/mol. The van der Waals surface area contributed by atoms with Crippen molar-refractivity contribution in [2.45, 2.75) is 51.0 Å². The fourth-order valence-corrected chi connectivity index (χ4v) is 5.15. The van der Waals surface area contributed by atoms with Crippen molar-refractivity contribution in [3.05, 3.63) is 0 Å². The smallest absolute Gasteiger partial charge is 0.0219 e. The number of hydrogen-bond donors (Lipinski definition) is 0. The van der Waals surface area contributed by atoms with Crippen molar-refractivity contribution >= 4 is 11.8 Å². The third-order valence-corrected chi connectivity index (χ3v) is 5.71. The topological polar surface area (TPSA) is 3.24 Å². The highest BCUT2D eigenvalue weighted by Crippen LogP contribution is 2.38. The lowest BCUT2D eigenvalue weighted by atomic mass is 9.79. The van der Waals surface area contributed by atoms with Crippen LogP contribution in [-0.4, -0.2) is 36.5 Å². The van der Waals surface area contributed by atoms with Crippen molar-refractivity contribution < 1.29 is 0 Å². The van der Waals surface area contributed by atoms with E-state index in [2.05, 4.69) is 30.8 Å². The van der Waals surface area contributed by atoms with E-state index in [0.717, 1.165) is 17.9 Å². The SMILES string of the molecule is CN(C)C1CSCC1C1CCCCCCC1. The summed E-state index contributed by atoms with van der Waals surface area (Å²) in [6.45, 7) is 0. The molecule has 1 saturated carbocycles. The first-order valence-electron chi connectivity index (χ1n) is 7.03. The maximum atomic E-state index is 2.48. The van der Waals surface area contributed by atoms with Crippen LogP contribution in [0.15, 0.2) is 0 Å². The van der Waals surface area contributed by atoms with Crippen LogP contribution in [0.5, 0.6) is 0 Å². The van der Waals surface area contributed by atoms with Gasteiger partial charge >= 0.3 is 0 Å². The molecule has 1 heterocycles. The Morgan fingerprint density at radius 3 is 2.12 bits per heavy atom. The van der Waals surface area contributed by atoms with Gasteiger partial charge in [0, 0.05) is 11.8 Å². The van der Waals surface area contributed by atoms with Gasteiger partial charge in [0.05, 0.1) is 0 Å². The maximum Gasteiger partial charge on any atom is 0.0219 e. The molecule has 0 spiro atoms. The molecule has 1 aliphatic carbocycles. The van der Waals surface area contributed by atoms with Crippen LogP contribution in [0.4, 0.5) is 0 Å². The molecule has 1 nitrogen and oxygen atoms in total. The van der Waals surface area contributed by atoms with E-state index in [-0.39, 0.29) is 0 Å². The Morgan fingerprint density at radius 1 is 0.875 bits per heavy atom. The van der Waals surface area contributed by atoms with Crippen LogP contribution in [0.1, 0.15) is 44.9 Å². The lowest BCUT2D eigenvalue weighted by molar-refractivity contribution is 0.176. The van der Waals surface area contributed by atoms with E-state index < -0.39 is 0 Å². The number of rotatable bonds is 2. The molecule has 2 aliphatic rings. The van der Waals surface area contributed by atoms with Crippen LogP contribution >= 0.6 is 11.8 Å². The molecule has 0 bridgehead atoms. The number of thioether (sulfide) groups is 1. The monoisotopic (exact) mass is 241 g/mol. The Morgan fingerprint density at radius 2 is 1.50 bits per heavy atom. The van der Waals surface area contributed by atoms with Gasteiger partial charge in [-0.15, -0.1) is 0 Å². The first-order chi connectivity index (χ1) is 7.79. The minimum atomic E-state index is 0.856. The molecule has 0 aromatic heterocycles. The molecule has 2 atom stereocenters. The van der Waals surface area contributed by atoms with Gasteiger partial charge < -0.3 is 4.90 Å². The molecule has 0 N–H and O–H groups in total. The van der Waals surface area contributed by atoms with Gasteiger partial charge in [0.25, 0.3) is 0 Å². The average molecular weight is 241 g/mol. The predicted octanol–water partition coefficient (Wildman–Crippen LogP) is 3.64. The summed E-state index contributed by atoms with van der Waals surface area (Å²) >= 11 is 2.18. The van der Waals surface area contributed by atoms with Gasteiger partial charge in [0.2, 0.25) is 0 Å². The Labute approximate surface area is 105 Å². The molecule has 2 unspecified atom stereocenters. The normalized spacial score (nSPS) is 33.9. The van der Waals surface area contributed by atoms with Gasteiger partial charge in [-0.05, 0) is 31.7 Å². The molecule has 1 saturated heterocycles. The molecule has 1 aliphatic heterocycles. The second-order valence-electron chi connectivity index (χ2n) is 5.84. The first kappa shape index (κ1) is 12.8. The van der Waals surface area contributed by atoms with Gasteiger partial charge in [-0.3, -0.25) is 0 Å². The largest absolute Gasteiger partial charge is 0.305 e. The van der Waals surface area contributed by atoms with E-state index in [0.29, 0.717) is 0 Å². The van der Waals surface area contributed by atoms with E-state index in [1.165, 1.54) is 56.5 Å².